The lowest BCUT2D eigenvalue weighted by Crippen LogP contribution is -2.18. The van der Waals surface area contributed by atoms with Crippen LogP contribution in [0.25, 0.3) is 0 Å². The Hall–Kier alpha value is -4.98. The van der Waals surface area contributed by atoms with E-state index in [0.717, 1.165) is 0 Å². The summed E-state index contributed by atoms with van der Waals surface area (Å²) in [7, 11) is 0. The van der Waals surface area contributed by atoms with Crippen molar-refractivity contribution in [2.75, 3.05) is 5.32 Å². The minimum atomic E-state index is -0.501. The molecule has 3 aromatic carbocycles. The van der Waals surface area contributed by atoms with Crippen molar-refractivity contribution in [2.45, 2.75) is 0 Å². The first-order valence-corrected chi connectivity index (χ1v) is 10.2. The molecule has 8 nitrogen and oxygen atoms in total. The number of nitrogens with zero attached hydrogens (tertiary/aromatic N) is 1. The van der Waals surface area contributed by atoms with Gasteiger partial charge in [-0.25, -0.2) is 10.2 Å². The molecule has 1 heterocycles. The van der Waals surface area contributed by atoms with Crippen molar-refractivity contribution < 1.29 is 23.5 Å². The molecule has 0 aliphatic rings. The van der Waals surface area contributed by atoms with Crippen molar-refractivity contribution in [3.8, 4) is 5.75 Å². The monoisotopic (exact) mass is 453 g/mol. The Morgan fingerprint density at radius 1 is 0.794 bits per heavy atom. The zero-order valence-electron chi connectivity index (χ0n) is 17.8. The van der Waals surface area contributed by atoms with E-state index in [1.54, 1.807) is 72.8 Å². The lowest BCUT2D eigenvalue weighted by molar-refractivity contribution is 0.0734. The fourth-order valence-electron chi connectivity index (χ4n) is 2.98. The highest BCUT2D eigenvalue weighted by molar-refractivity contribution is 6.03. The standard InChI is InChI=1S/C26H19N3O5/c30-24(19-11-6-12-21(16-19)28-25(31)23-14-7-15-33-23)29-27-17-20-10-4-5-13-22(20)34-26(32)18-8-2-1-3-9-18/h1-17H,(H,28,31)(H,29,30). The van der Waals surface area contributed by atoms with Crippen LogP contribution in [-0.2, 0) is 0 Å². The summed E-state index contributed by atoms with van der Waals surface area (Å²) < 4.78 is 10.5. The van der Waals surface area contributed by atoms with E-state index < -0.39 is 17.8 Å². The van der Waals surface area contributed by atoms with E-state index >= 15 is 0 Å². The van der Waals surface area contributed by atoms with E-state index in [4.69, 9.17) is 9.15 Å². The summed E-state index contributed by atoms with van der Waals surface area (Å²) in [6.07, 6.45) is 2.78. The quantitative estimate of drug-likeness (QED) is 0.185. The largest absolute Gasteiger partial charge is 0.459 e. The van der Waals surface area contributed by atoms with E-state index in [9.17, 15) is 14.4 Å². The van der Waals surface area contributed by atoms with Crippen LogP contribution in [0, 0.1) is 0 Å². The molecule has 0 unspecified atom stereocenters. The van der Waals surface area contributed by atoms with Gasteiger partial charge < -0.3 is 14.5 Å². The van der Waals surface area contributed by atoms with Crippen LogP contribution in [0.15, 0.2) is 107 Å². The van der Waals surface area contributed by atoms with Crippen LogP contribution >= 0.6 is 0 Å². The van der Waals surface area contributed by atoms with Crippen LogP contribution in [0.5, 0.6) is 5.75 Å². The molecule has 0 fully saturated rings. The Kier molecular flexibility index (Phi) is 6.90. The topological polar surface area (TPSA) is 110 Å². The molecule has 34 heavy (non-hydrogen) atoms. The van der Waals surface area contributed by atoms with Crippen LogP contribution in [0.3, 0.4) is 0 Å². The Labute approximate surface area is 194 Å². The van der Waals surface area contributed by atoms with Crippen molar-refractivity contribution in [1.29, 1.82) is 0 Å². The third-order valence-electron chi connectivity index (χ3n) is 4.63. The molecule has 0 aliphatic carbocycles. The number of amides is 2. The number of rotatable bonds is 7. The predicted octanol–water partition coefficient (Wildman–Crippen LogP) is 4.52. The molecule has 2 amide bonds. The van der Waals surface area contributed by atoms with Crippen LogP contribution in [-0.4, -0.2) is 24.0 Å². The molecule has 8 heteroatoms. The molecule has 4 rings (SSSR count). The van der Waals surface area contributed by atoms with Gasteiger partial charge in [0.05, 0.1) is 18.0 Å². The van der Waals surface area contributed by atoms with Gasteiger partial charge in [0.1, 0.15) is 5.75 Å². The molecular weight excluding hydrogens is 434 g/mol. The third kappa shape index (κ3) is 5.63. The molecule has 168 valence electrons. The number of carbonyl (C=O) groups excluding carboxylic acids is 3. The maximum absolute atomic E-state index is 12.5. The number of esters is 1. The van der Waals surface area contributed by atoms with Gasteiger partial charge in [-0.3, -0.25) is 9.59 Å². The fourth-order valence-corrected chi connectivity index (χ4v) is 2.98. The number of furan rings is 1. The highest BCUT2D eigenvalue weighted by Crippen LogP contribution is 2.18. The number of benzene rings is 3. The number of hydrogen-bond donors (Lipinski definition) is 2. The van der Waals surface area contributed by atoms with E-state index in [-0.39, 0.29) is 11.3 Å². The Balaban J connectivity index is 1.40. The molecule has 0 saturated heterocycles. The summed E-state index contributed by atoms with van der Waals surface area (Å²) in [4.78, 5) is 37.0. The SMILES string of the molecule is O=C(NN=Cc1ccccc1OC(=O)c1ccccc1)c1cccc(NC(=O)c2ccco2)c1. The molecule has 0 bridgehead atoms. The molecule has 2 N–H and O–H groups in total. The van der Waals surface area contributed by atoms with Crippen LogP contribution < -0.4 is 15.5 Å². The fraction of sp³-hybridized carbons (Fsp3) is 0. The maximum Gasteiger partial charge on any atom is 0.343 e. The van der Waals surface area contributed by atoms with Crippen LogP contribution in [0.1, 0.15) is 36.8 Å². The van der Waals surface area contributed by atoms with Crippen molar-refractivity contribution in [3.63, 3.8) is 0 Å². The van der Waals surface area contributed by atoms with E-state index in [1.165, 1.54) is 24.6 Å². The minimum Gasteiger partial charge on any atom is -0.459 e. The first-order chi connectivity index (χ1) is 16.6. The summed E-state index contributed by atoms with van der Waals surface area (Å²) in [5, 5.41) is 6.63. The van der Waals surface area contributed by atoms with Crippen molar-refractivity contribution >= 4 is 29.7 Å². The summed E-state index contributed by atoms with van der Waals surface area (Å²) in [5.74, 6) is -0.951. The van der Waals surface area contributed by atoms with Gasteiger partial charge in [0.25, 0.3) is 11.8 Å². The van der Waals surface area contributed by atoms with Crippen molar-refractivity contribution in [3.05, 3.63) is 120 Å². The second-order valence-corrected chi connectivity index (χ2v) is 7.00. The second kappa shape index (κ2) is 10.6. The molecule has 0 radical (unpaired) electrons. The maximum atomic E-state index is 12.5. The number of nitrogens with one attached hydrogen (secondary N) is 2. The summed E-state index contributed by atoms with van der Waals surface area (Å²) in [6, 6.07) is 25.0. The van der Waals surface area contributed by atoms with Gasteiger partial charge in [0, 0.05) is 16.8 Å². The predicted molar refractivity (Wildman–Crippen MR) is 126 cm³/mol. The van der Waals surface area contributed by atoms with Gasteiger partial charge >= 0.3 is 5.97 Å². The minimum absolute atomic E-state index is 0.158. The van der Waals surface area contributed by atoms with E-state index in [0.29, 0.717) is 22.6 Å². The van der Waals surface area contributed by atoms with Crippen molar-refractivity contribution in [2.24, 2.45) is 5.10 Å². The smallest absolute Gasteiger partial charge is 0.343 e. The van der Waals surface area contributed by atoms with Crippen molar-refractivity contribution in [1.82, 2.24) is 5.43 Å². The molecule has 0 aliphatic heterocycles. The highest BCUT2D eigenvalue weighted by atomic mass is 16.5. The molecule has 0 atom stereocenters. The summed E-state index contributed by atoms with van der Waals surface area (Å²) in [5.41, 5.74) is 4.07. The lowest BCUT2D eigenvalue weighted by atomic mass is 10.2. The Bertz CT molecular complexity index is 1330. The number of ether oxygens (including phenoxy) is 1. The highest BCUT2D eigenvalue weighted by Gasteiger charge is 2.12. The normalized spacial score (nSPS) is 10.6. The third-order valence-corrected chi connectivity index (χ3v) is 4.63. The average Bonchev–Trinajstić information content (AvgIpc) is 3.41. The van der Waals surface area contributed by atoms with Gasteiger partial charge in [-0.15, -0.1) is 0 Å². The van der Waals surface area contributed by atoms with Gasteiger partial charge in [0.2, 0.25) is 0 Å². The van der Waals surface area contributed by atoms with Crippen LogP contribution in [0.2, 0.25) is 0 Å². The summed E-state index contributed by atoms with van der Waals surface area (Å²) in [6.45, 7) is 0. The summed E-state index contributed by atoms with van der Waals surface area (Å²) >= 11 is 0. The number of hydrazone groups is 1. The molecule has 1 aromatic heterocycles. The molecule has 4 aromatic rings. The van der Waals surface area contributed by atoms with Crippen LogP contribution in [0.4, 0.5) is 5.69 Å². The van der Waals surface area contributed by atoms with Gasteiger partial charge in [-0.1, -0.05) is 36.4 Å². The zero-order chi connectivity index (χ0) is 23.8. The molecular formula is C26H19N3O5. The van der Waals surface area contributed by atoms with E-state index in [1.807, 2.05) is 6.07 Å². The lowest BCUT2D eigenvalue weighted by Gasteiger charge is -2.07. The average molecular weight is 453 g/mol. The Morgan fingerprint density at radius 3 is 2.35 bits per heavy atom. The Morgan fingerprint density at radius 2 is 1.56 bits per heavy atom. The number of hydrogen-bond acceptors (Lipinski definition) is 6. The zero-order valence-corrected chi connectivity index (χ0v) is 17.8. The molecule has 0 saturated carbocycles. The number of carbonyl (C=O) groups is 3. The van der Waals surface area contributed by atoms with E-state index in [2.05, 4.69) is 15.8 Å². The van der Waals surface area contributed by atoms with Gasteiger partial charge in [-0.05, 0) is 54.6 Å². The first-order valence-electron chi connectivity index (χ1n) is 10.2. The van der Waals surface area contributed by atoms with Gasteiger partial charge in [-0.2, -0.15) is 5.10 Å². The second-order valence-electron chi connectivity index (χ2n) is 7.00. The number of anilines is 1. The van der Waals surface area contributed by atoms with Gasteiger partial charge in [0.15, 0.2) is 5.76 Å². The molecule has 0 spiro atoms. The first kappa shape index (κ1) is 22.2. The number of para-hydroxylation sites is 1.